The molecule has 0 saturated heterocycles. The third kappa shape index (κ3) is 2.18. The van der Waals surface area contributed by atoms with Crippen LogP contribution in [0.2, 0.25) is 0 Å². The maximum atomic E-state index is 12.2. The molecule has 0 spiro atoms. The van der Waals surface area contributed by atoms with Crippen molar-refractivity contribution < 1.29 is 4.79 Å². The first kappa shape index (κ1) is 12.2. The number of aromatic nitrogens is 1. The summed E-state index contributed by atoms with van der Waals surface area (Å²) in [5, 5.41) is 2.98. The van der Waals surface area contributed by atoms with Crippen LogP contribution < -0.4 is 5.32 Å². The Morgan fingerprint density at radius 2 is 2.06 bits per heavy atom. The summed E-state index contributed by atoms with van der Waals surface area (Å²) in [6, 6.07) is 1.97. The van der Waals surface area contributed by atoms with E-state index in [1.165, 1.54) is 25.7 Å². The first-order valence-electron chi connectivity index (χ1n) is 6.60. The normalized spacial score (nSPS) is 29.6. The Labute approximate surface area is 116 Å². The number of nitrogens with one attached hydrogen (secondary N) is 1. The predicted octanol–water partition coefficient (Wildman–Crippen LogP) is 3.53. The van der Waals surface area contributed by atoms with Crippen LogP contribution >= 0.6 is 15.9 Å². The molecule has 2 aliphatic rings. The lowest BCUT2D eigenvalue weighted by atomic mass is 10.0. The molecule has 2 fully saturated rings. The average Bonchev–Trinajstić information content (AvgIpc) is 3.07. The number of nitrogens with zero attached hydrogens (tertiary/aromatic N) is 1. The third-order valence-corrected chi connectivity index (χ3v) is 4.68. The van der Waals surface area contributed by atoms with Crippen LogP contribution in [-0.2, 0) is 4.79 Å². The van der Waals surface area contributed by atoms with E-state index < -0.39 is 0 Å². The van der Waals surface area contributed by atoms with Crippen molar-refractivity contribution in [1.29, 1.82) is 0 Å². The van der Waals surface area contributed by atoms with E-state index in [0.29, 0.717) is 17.7 Å². The van der Waals surface area contributed by atoms with Gasteiger partial charge in [-0.3, -0.25) is 4.79 Å². The minimum absolute atomic E-state index is 0.171. The van der Waals surface area contributed by atoms with Crippen LogP contribution in [0.3, 0.4) is 0 Å². The fourth-order valence-electron chi connectivity index (χ4n) is 3.25. The molecular weight excluding hydrogens is 292 g/mol. The Morgan fingerprint density at radius 1 is 1.39 bits per heavy atom. The smallest absolute Gasteiger partial charge is 0.229 e. The summed E-state index contributed by atoms with van der Waals surface area (Å²) in [5.74, 6) is 2.41. The van der Waals surface area contributed by atoms with Gasteiger partial charge in [0.2, 0.25) is 5.91 Å². The summed E-state index contributed by atoms with van der Waals surface area (Å²) in [4.78, 5) is 16.5. The fourth-order valence-corrected chi connectivity index (χ4v) is 3.70. The van der Waals surface area contributed by atoms with Crippen molar-refractivity contribution >= 4 is 27.7 Å². The van der Waals surface area contributed by atoms with Gasteiger partial charge in [-0.2, -0.15) is 0 Å². The molecule has 18 heavy (non-hydrogen) atoms. The van der Waals surface area contributed by atoms with Gasteiger partial charge in [0.15, 0.2) is 0 Å². The number of carbonyl (C=O) groups is 1. The van der Waals surface area contributed by atoms with E-state index >= 15 is 0 Å². The summed E-state index contributed by atoms with van der Waals surface area (Å²) in [7, 11) is 0. The summed E-state index contributed by atoms with van der Waals surface area (Å²) in [5.41, 5.74) is 1.00. The van der Waals surface area contributed by atoms with Gasteiger partial charge in [-0.15, -0.1) is 0 Å². The molecule has 0 aromatic carbocycles. The van der Waals surface area contributed by atoms with Gasteiger partial charge in [-0.1, -0.05) is 12.8 Å². The highest BCUT2D eigenvalue weighted by Crippen LogP contribution is 2.55. The Morgan fingerprint density at radius 3 is 2.67 bits per heavy atom. The van der Waals surface area contributed by atoms with Crippen LogP contribution in [-0.4, -0.2) is 10.9 Å². The van der Waals surface area contributed by atoms with E-state index in [-0.39, 0.29) is 11.8 Å². The molecule has 4 heteroatoms. The Balaban J connectivity index is 1.68. The highest BCUT2D eigenvalue weighted by molar-refractivity contribution is 9.10. The van der Waals surface area contributed by atoms with Gasteiger partial charge in [0.1, 0.15) is 5.82 Å². The van der Waals surface area contributed by atoms with Gasteiger partial charge in [-0.05, 0) is 59.2 Å². The maximum Gasteiger partial charge on any atom is 0.229 e. The zero-order chi connectivity index (χ0) is 12.7. The van der Waals surface area contributed by atoms with Crippen molar-refractivity contribution in [2.75, 3.05) is 5.32 Å². The van der Waals surface area contributed by atoms with E-state index in [0.717, 1.165) is 10.0 Å². The Hall–Kier alpha value is -0.900. The van der Waals surface area contributed by atoms with Gasteiger partial charge in [0, 0.05) is 16.6 Å². The quantitative estimate of drug-likeness (QED) is 0.908. The van der Waals surface area contributed by atoms with Gasteiger partial charge in [0.05, 0.1) is 0 Å². The molecule has 1 amide bonds. The van der Waals surface area contributed by atoms with Crippen LogP contribution in [0, 0.1) is 24.7 Å². The number of rotatable bonds is 2. The lowest BCUT2D eigenvalue weighted by Crippen LogP contribution is -2.17. The molecule has 1 aromatic rings. The molecule has 3 rings (SSSR count). The zero-order valence-electron chi connectivity index (χ0n) is 10.4. The lowest BCUT2D eigenvalue weighted by molar-refractivity contribution is -0.117. The van der Waals surface area contributed by atoms with Crippen molar-refractivity contribution in [3.63, 3.8) is 0 Å². The predicted molar refractivity (Wildman–Crippen MR) is 74.2 cm³/mol. The van der Waals surface area contributed by atoms with Crippen LogP contribution in [0.15, 0.2) is 16.7 Å². The molecule has 3 nitrogen and oxygen atoms in total. The van der Waals surface area contributed by atoms with Crippen molar-refractivity contribution in [3.05, 3.63) is 22.3 Å². The lowest BCUT2D eigenvalue weighted by Gasteiger charge is -2.07. The molecule has 0 radical (unpaired) electrons. The number of hydrogen-bond donors (Lipinski definition) is 1. The number of aryl methyl sites for hydroxylation is 1. The zero-order valence-corrected chi connectivity index (χ0v) is 12.0. The van der Waals surface area contributed by atoms with E-state index in [4.69, 9.17) is 0 Å². The molecule has 2 saturated carbocycles. The topological polar surface area (TPSA) is 42.0 Å². The molecule has 96 valence electrons. The van der Waals surface area contributed by atoms with Crippen molar-refractivity contribution in [3.8, 4) is 0 Å². The van der Waals surface area contributed by atoms with Crippen LogP contribution in [0.25, 0.3) is 0 Å². The maximum absolute atomic E-state index is 12.2. The Kier molecular flexibility index (Phi) is 3.14. The van der Waals surface area contributed by atoms with Crippen LogP contribution in [0.5, 0.6) is 0 Å². The second kappa shape index (κ2) is 4.65. The van der Waals surface area contributed by atoms with Crippen molar-refractivity contribution in [2.45, 2.75) is 32.6 Å². The standard InChI is InChI=1S/C14H17BrN2O/c1-8-6-9(15)7-16-13(8)17-14(18)12-10-4-2-3-5-11(10)12/h6-7,10-12H,2-5H2,1H3,(H,16,17,18). The molecule has 1 N–H and O–H groups in total. The van der Waals surface area contributed by atoms with Gasteiger partial charge in [-0.25, -0.2) is 4.98 Å². The van der Waals surface area contributed by atoms with E-state index in [1.54, 1.807) is 6.20 Å². The molecular formula is C14H17BrN2O. The summed E-state index contributed by atoms with van der Waals surface area (Å²) >= 11 is 3.38. The van der Waals surface area contributed by atoms with Crippen molar-refractivity contribution in [1.82, 2.24) is 4.98 Å². The fraction of sp³-hybridized carbons (Fsp3) is 0.571. The molecule has 2 aliphatic carbocycles. The van der Waals surface area contributed by atoms with Gasteiger partial charge >= 0.3 is 0 Å². The molecule has 1 aromatic heterocycles. The molecule has 2 unspecified atom stereocenters. The molecule has 2 atom stereocenters. The number of fused-ring (bicyclic) bond motifs is 1. The highest BCUT2D eigenvalue weighted by Gasteiger charge is 2.54. The monoisotopic (exact) mass is 308 g/mol. The molecule has 0 bridgehead atoms. The largest absolute Gasteiger partial charge is 0.310 e. The highest BCUT2D eigenvalue weighted by atomic mass is 79.9. The number of halogens is 1. The summed E-state index contributed by atoms with van der Waals surface area (Å²) in [6.45, 7) is 1.97. The first-order chi connectivity index (χ1) is 8.66. The van der Waals surface area contributed by atoms with Gasteiger partial charge < -0.3 is 5.32 Å². The van der Waals surface area contributed by atoms with Gasteiger partial charge in [0.25, 0.3) is 0 Å². The Bertz CT molecular complexity index is 477. The number of amides is 1. The minimum atomic E-state index is 0.171. The third-order valence-electron chi connectivity index (χ3n) is 4.25. The minimum Gasteiger partial charge on any atom is -0.310 e. The summed E-state index contributed by atoms with van der Waals surface area (Å²) < 4.78 is 0.943. The van der Waals surface area contributed by atoms with E-state index in [2.05, 4.69) is 26.2 Å². The summed E-state index contributed by atoms with van der Waals surface area (Å²) in [6.07, 6.45) is 6.77. The number of anilines is 1. The second-order valence-electron chi connectivity index (χ2n) is 5.45. The molecule has 0 aliphatic heterocycles. The second-order valence-corrected chi connectivity index (χ2v) is 6.36. The molecule has 1 heterocycles. The number of hydrogen-bond acceptors (Lipinski definition) is 2. The van der Waals surface area contributed by atoms with E-state index in [9.17, 15) is 4.79 Å². The number of pyridine rings is 1. The number of carbonyl (C=O) groups excluding carboxylic acids is 1. The SMILES string of the molecule is Cc1cc(Br)cnc1NC(=O)C1C2CCCCC21. The van der Waals surface area contributed by atoms with Crippen LogP contribution in [0.4, 0.5) is 5.82 Å². The van der Waals surface area contributed by atoms with E-state index in [1.807, 2.05) is 13.0 Å². The average molecular weight is 309 g/mol. The first-order valence-corrected chi connectivity index (χ1v) is 7.39. The van der Waals surface area contributed by atoms with Crippen LogP contribution in [0.1, 0.15) is 31.2 Å². The van der Waals surface area contributed by atoms with Crippen molar-refractivity contribution in [2.24, 2.45) is 17.8 Å².